The first kappa shape index (κ1) is 16.4. The first-order chi connectivity index (χ1) is 11.5. The number of phenols is 2. The molecule has 2 aromatic carbocycles. The fourth-order valence-electron chi connectivity index (χ4n) is 3.02. The lowest BCUT2D eigenvalue weighted by molar-refractivity contribution is 0.0191. The Balaban J connectivity index is 2.05. The molecule has 0 bridgehead atoms. The van der Waals surface area contributed by atoms with E-state index in [0.717, 1.165) is 11.1 Å². The molecule has 3 rings (SSSR count). The van der Waals surface area contributed by atoms with Gasteiger partial charge in [-0.25, -0.2) is 0 Å². The minimum Gasteiger partial charge on any atom is -0.507 e. The lowest BCUT2D eigenvalue weighted by atomic mass is 9.91. The van der Waals surface area contributed by atoms with Gasteiger partial charge in [0.15, 0.2) is 0 Å². The van der Waals surface area contributed by atoms with Crippen molar-refractivity contribution in [3.05, 3.63) is 64.7 Å². The van der Waals surface area contributed by atoms with Gasteiger partial charge in [-0.05, 0) is 25.8 Å². The second kappa shape index (κ2) is 6.57. The van der Waals surface area contributed by atoms with E-state index in [1.165, 1.54) is 6.07 Å². The summed E-state index contributed by atoms with van der Waals surface area (Å²) in [5, 5.41) is 30.9. The molecule has 1 heterocycles. The number of benzene rings is 2. The minimum atomic E-state index is -0.758. The van der Waals surface area contributed by atoms with Crippen molar-refractivity contribution in [2.45, 2.75) is 38.9 Å². The number of allylic oxidation sites excluding steroid dienone is 2. The normalized spacial score (nSPS) is 19.3. The first-order valence-electron chi connectivity index (χ1n) is 8.07. The van der Waals surface area contributed by atoms with Crippen LogP contribution in [0.3, 0.4) is 0 Å². The van der Waals surface area contributed by atoms with Gasteiger partial charge in [-0.3, -0.25) is 0 Å². The Morgan fingerprint density at radius 3 is 2.54 bits per heavy atom. The standard InChI is InChI=1S/C20H22O4/c1-12(2)8-9-14-16(21)11-17(22)15-10-18(23)19(24-20(14)15)13-6-4-3-5-7-13/h3-8,11,18-19,21-23H,9-10H2,1-2H3. The molecule has 2 aromatic rings. The second-order valence-electron chi connectivity index (χ2n) is 6.41. The molecule has 0 amide bonds. The summed E-state index contributed by atoms with van der Waals surface area (Å²) in [5.41, 5.74) is 3.18. The van der Waals surface area contributed by atoms with Crippen LogP contribution >= 0.6 is 0 Å². The van der Waals surface area contributed by atoms with Crippen LogP contribution in [0.2, 0.25) is 0 Å². The van der Waals surface area contributed by atoms with Crippen molar-refractivity contribution < 1.29 is 20.1 Å². The van der Waals surface area contributed by atoms with Crippen LogP contribution in [0.4, 0.5) is 0 Å². The highest BCUT2D eigenvalue weighted by Crippen LogP contribution is 2.45. The summed E-state index contributed by atoms with van der Waals surface area (Å²) in [4.78, 5) is 0. The summed E-state index contributed by atoms with van der Waals surface area (Å²) in [6.07, 6.45) is 1.51. The Morgan fingerprint density at radius 1 is 1.17 bits per heavy atom. The molecular formula is C20H22O4. The average molecular weight is 326 g/mol. The van der Waals surface area contributed by atoms with Crippen LogP contribution in [0.15, 0.2) is 48.0 Å². The van der Waals surface area contributed by atoms with E-state index in [1.54, 1.807) is 0 Å². The number of hydrogen-bond acceptors (Lipinski definition) is 4. The third-order valence-electron chi connectivity index (χ3n) is 4.29. The molecule has 2 atom stereocenters. The quantitative estimate of drug-likeness (QED) is 0.753. The van der Waals surface area contributed by atoms with E-state index >= 15 is 0 Å². The number of fused-ring (bicyclic) bond motifs is 1. The number of aliphatic hydroxyl groups excluding tert-OH is 1. The van der Waals surface area contributed by atoms with Crippen LogP contribution in [0.1, 0.15) is 36.6 Å². The molecule has 4 nitrogen and oxygen atoms in total. The number of hydrogen-bond donors (Lipinski definition) is 3. The van der Waals surface area contributed by atoms with Crippen LogP contribution in [-0.4, -0.2) is 21.4 Å². The van der Waals surface area contributed by atoms with Crippen LogP contribution in [0, 0.1) is 0 Å². The van der Waals surface area contributed by atoms with Gasteiger partial charge < -0.3 is 20.1 Å². The van der Waals surface area contributed by atoms with Gasteiger partial charge >= 0.3 is 0 Å². The Hall–Kier alpha value is -2.46. The van der Waals surface area contributed by atoms with E-state index in [4.69, 9.17) is 4.74 Å². The average Bonchev–Trinajstić information content (AvgIpc) is 2.55. The molecule has 0 aliphatic carbocycles. The second-order valence-corrected chi connectivity index (χ2v) is 6.41. The van der Waals surface area contributed by atoms with Crippen molar-refractivity contribution in [3.63, 3.8) is 0 Å². The van der Waals surface area contributed by atoms with Crippen molar-refractivity contribution in [2.75, 3.05) is 0 Å². The lowest BCUT2D eigenvalue weighted by Crippen LogP contribution is -2.31. The summed E-state index contributed by atoms with van der Waals surface area (Å²) in [5.74, 6) is 0.435. The maximum absolute atomic E-state index is 10.5. The molecule has 0 spiro atoms. The molecule has 1 aliphatic rings. The van der Waals surface area contributed by atoms with Crippen molar-refractivity contribution in [1.29, 1.82) is 0 Å². The van der Waals surface area contributed by atoms with Crippen LogP contribution in [-0.2, 0) is 12.8 Å². The van der Waals surface area contributed by atoms with E-state index in [1.807, 2.05) is 50.3 Å². The number of phenolic OH excluding ortho intramolecular Hbond substituents is 2. The molecule has 0 saturated heterocycles. The number of ether oxygens (including phenoxy) is 1. The molecule has 1 aliphatic heterocycles. The van der Waals surface area contributed by atoms with Crippen LogP contribution in [0.5, 0.6) is 17.2 Å². The van der Waals surface area contributed by atoms with Gasteiger partial charge in [-0.2, -0.15) is 0 Å². The smallest absolute Gasteiger partial charge is 0.150 e. The summed E-state index contributed by atoms with van der Waals surface area (Å²) >= 11 is 0. The van der Waals surface area contributed by atoms with Crippen LogP contribution < -0.4 is 4.74 Å². The number of rotatable bonds is 3. The number of aromatic hydroxyl groups is 2. The van der Waals surface area contributed by atoms with E-state index in [0.29, 0.717) is 23.3 Å². The van der Waals surface area contributed by atoms with Gasteiger partial charge in [0.05, 0.1) is 6.10 Å². The van der Waals surface area contributed by atoms with Gasteiger partial charge in [0.1, 0.15) is 23.4 Å². The Morgan fingerprint density at radius 2 is 1.88 bits per heavy atom. The first-order valence-corrected chi connectivity index (χ1v) is 8.07. The topological polar surface area (TPSA) is 69.9 Å². The summed E-state index contributed by atoms with van der Waals surface area (Å²) in [6, 6.07) is 10.8. The zero-order chi connectivity index (χ0) is 17.3. The highest BCUT2D eigenvalue weighted by Gasteiger charge is 2.33. The van der Waals surface area contributed by atoms with E-state index in [2.05, 4.69) is 0 Å². The molecular weight excluding hydrogens is 304 g/mol. The molecule has 2 unspecified atom stereocenters. The fourth-order valence-corrected chi connectivity index (χ4v) is 3.02. The number of aliphatic hydroxyl groups is 1. The summed E-state index contributed by atoms with van der Waals surface area (Å²) in [6.45, 7) is 3.97. The SMILES string of the molecule is CC(C)=CCc1c(O)cc(O)c2c1OC(c1ccccc1)C(O)C2. The minimum absolute atomic E-state index is 0.00644. The molecule has 126 valence electrons. The molecule has 4 heteroatoms. The van der Waals surface area contributed by atoms with Gasteiger partial charge in [-0.15, -0.1) is 0 Å². The Bertz CT molecular complexity index is 761. The van der Waals surface area contributed by atoms with Crippen molar-refractivity contribution in [2.24, 2.45) is 0 Å². The zero-order valence-corrected chi connectivity index (χ0v) is 13.9. The van der Waals surface area contributed by atoms with Gasteiger partial charge in [0.25, 0.3) is 0 Å². The molecule has 24 heavy (non-hydrogen) atoms. The van der Waals surface area contributed by atoms with Gasteiger partial charge in [0.2, 0.25) is 0 Å². The molecule has 0 radical (unpaired) electrons. The molecule has 0 fully saturated rings. The molecule has 0 saturated carbocycles. The highest BCUT2D eigenvalue weighted by molar-refractivity contribution is 5.58. The predicted octanol–water partition coefficient (Wildman–Crippen LogP) is 3.64. The van der Waals surface area contributed by atoms with Crippen molar-refractivity contribution in [1.82, 2.24) is 0 Å². The maximum Gasteiger partial charge on any atom is 0.150 e. The Kier molecular flexibility index (Phi) is 4.49. The maximum atomic E-state index is 10.5. The van der Waals surface area contributed by atoms with E-state index in [9.17, 15) is 15.3 Å². The van der Waals surface area contributed by atoms with Gasteiger partial charge in [0, 0.05) is 23.6 Å². The van der Waals surface area contributed by atoms with Crippen LogP contribution in [0.25, 0.3) is 0 Å². The fraction of sp³-hybridized carbons (Fsp3) is 0.300. The van der Waals surface area contributed by atoms with E-state index in [-0.39, 0.29) is 17.9 Å². The summed E-state index contributed by atoms with van der Waals surface area (Å²) < 4.78 is 6.06. The highest BCUT2D eigenvalue weighted by atomic mass is 16.5. The predicted molar refractivity (Wildman–Crippen MR) is 92.4 cm³/mol. The zero-order valence-electron chi connectivity index (χ0n) is 13.9. The lowest BCUT2D eigenvalue weighted by Gasteiger charge is -2.32. The largest absolute Gasteiger partial charge is 0.507 e. The third kappa shape index (κ3) is 3.10. The third-order valence-corrected chi connectivity index (χ3v) is 4.29. The van der Waals surface area contributed by atoms with Gasteiger partial charge in [-0.1, -0.05) is 42.0 Å². The molecule has 3 N–H and O–H groups in total. The Labute approximate surface area is 141 Å². The van der Waals surface area contributed by atoms with E-state index < -0.39 is 12.2 Å². The monoisotopic (exact) mass is 326 g/mol. The summed E-state index contributed by atoms with van der Waals surface area (Å²) in [7, 11) is 0. The van der Waals surface area contributed by atoms with Crippen molar-refractivity contribution in [3.8, 4) is 17.2 Å². The molecule has 0 aromatic heterocycles. The van der Waals surface area contributed by atoms with Crippen molar-refractivity contribution >= 4 is 0 Å².